The van der Waals surface area contributed by atoms with Crippen molar-refractivity contribution in [2.45, 2.75) is 17.7 Å². The van der Waals surface area contributed by atoms with Gasteiger partial charge in [-0.25, -0.2) is 8.42 Å². The maximum atomic E-state index is 12.9. The summed E-state index contributed by atoms with van der Waals surface area (Å²) in [5.41, 5.74) is 4.31. The van der Waals surface area contributed by atoms with Gasteiger partial charge in [-0.2, -0.15) is 0 Å². The van der Waals surface area contributed by atoms with E-state index in [0.29, 0.717) is 28.4 Å². The van der Waals surface area contributed by atoms with E-state index in [2.05, 4.69) is 4.98 Å². The van der Waals surface area contributed by atoms with Gasteiger partial charge in [-0.05, 0) is 65.9 Å². The molecule has 3 aromatic rings. The Morgan fingerprint density at radius 2 is 1.79 bits per heavy atom. The number of sulfone groups is 1. The first-order valence-corrected chi connectivity index (χ1v) is 11.4. The number of carbonyl (C=O) groups excluding carboxylic acids is 1. The van der Waals surface area contributed by atoms with Gasteiger partial charge in [0.25, 0.3) is 5.91 Å². The molecule has 148 valence electrons. The molecule has 1 aliphatic rings. The van der Waals surface area contributed by atoms with Crippen molar-refractivity contribution in [1.29, 1.82) is 0 Å². The summed E-state index contributed by atoms with van der Waals surface area (Å²) in [5, 5.41) is 0.635. The molecule has 0 saturated heterocycles. The lowest BCUT2D eigenvalue weighted by Gasteiger charge is -2.28. The molecule has 0 bridgehead atoms. The minimum absolute atomic E-state index is 0.0561. The second-order valence-electron chi connectivity index (χ2n) is 7.15. The Labute approximate surface area is 174 Å². The fraction of sp³-hybridized carbons (Fsp3) is 0.182. The van der Waals surface area contributed by atoms with Crippen molar-refractivity contribution in [3.63, 3.8) is 0 Å². The van der Waals surface area contributed by atoms with Crippen LogP contribution in [0.15, 0.2) is 65.8 Å². The number of amides is 1. The molecule has 0 aliphatic carbocycles. The standard InChI is InChI=1S/C22H19ClN2O3S/c1-29(27,28)20-5-2-15(3-6-20)10-16-11-19(14-24-13-16)25-9-8-17-12-18(23)4-7-21(17)22(25)26/h2-7,11-14H,8-10H2,1H3. The van der Waals surface area contributed by atoms with Crippen LogP contribution in [0.25, 0.3) is 0 Å². The number of hydrogen-bond acceptors (Lipinski definition) is 4. The highest BCUT2D eigenvalue weighted by Gasteiger charge is 2.25. The normalized spacial score (nSPS) is 14.0. The van der Waals surface area contributed by atoms with Crippen LogP contribution >= 0.6 is 11.6 Å². The van der Waals surface area contributed by atoms with Crippen molar-refractivity contribution in [2.24, 2.45) is 0 Å². The van der Waals surface area contributed by atoms with Gasteiger partial charge in [-0.1, -0.05) is 23.7 Å². The molecule has 0 atom stereocenters. The van der Waals surface area contributed by atoms with E-state index in [-0.39, 0.29) is 5.91 Å². The topological polar surface area (TPSA) is 67.3 Å². The molecule has 4 rings (SSSR count). The SMILES string of the molecule is CS(=O)(=O)c1ccc(Cc2cncc(N3CCc4cc(Cl)ccc4C3=O)c2)cc1. The number of rotatable bonds is 4. The summed E-state index contributed by atoms with van der Waals surface area (Å²) in [6.45, 7) is 0.570. The van der Waals surface area contributed by atoms with Crippen LogP contribution < -0.4 is 4.90 Å². The average Bonchev–Trinajstić information content (AvgIpc) is 2.68. The molecule has 0 N–H and O–H groups in total. The summed E-state index contributed by atoms with van der Waals surface area (Å²) in [7, 11) is -3.21. The van der Waals surface area contributed by atoms with E-state index in [9.17, 15) is 13.2 Å². The largest absolute Gasteiger partial charge is 0.306 e. The van der Waals surface area contributed by atoms with Gasteiger partial charge in [0.15, 0.2) is 9.84 Å². The van der Waals surface area contributed by atoms with Crippen LogP contribution in [0, 0.1) is 0 Å². The van der Waals surface area contributed by atoms with Crippen LogP contribution in [0.3, 0.4) is 0 Å². The van der Waals surface area contributed by atoms with Crippen LogP contribution in [0.2, 0.25) is 5.02 Å². The number of fused-ring (bicyclic) bond motifs is 1. The van der Waals surface area contributed by atoms with E-state index in [4.69, 9.17) is 11.6 Å². The first kappa shape index (κ1) is 19.6. The molecule has 0 spiro atoms. The predicted molar refractivity (Wildman–Crippen MR) is 113 cm³/mol. The maximum Gasteiger partial charge on any atom is 0.258 e. The molecule has 1 aromatic heterocycles. The summed E-state index contributed by atoms with van der Waals surface area (Å²) >= 11 is 6.04. The molecule has 0 radical (unpaired) electrons. The zero-order valence-corrected chi connectivity index (χ0v) is 17.4. The first-order valence-electron chi connectivity index (χ1n) is 9.14. The average molecular weight is 427 g/mol. The van der Waals surface area contributed by atoms with Gasteiger partial charge in [0.1, 0.15) is 0 Å². The highest BCUT2D eigenvalue weighted by Crippen LogP contribution is 2.27. The Hall–Kier alpha value is -2.70. The molecule has 29 heavy (non-hydrogen) atoms. The Bertz CT molecular complexity index is 1190. The van der Waals surface area contributed by atoms with Gasteiger partial charge in [0.2, 0.25) is 0 Å². The van der Waals surface area contributed by atoms with E-state index in [1.807, 2.05) is 12.1 Å². The molecule has 5 nitrogen and oxygen atoms in total. The summed E-state index contributed by atoms with van der Waals surface area (Å²) < 4.78 is 23.2. The van der Waals surface area contributed by atoms with Crippen molar-refractivity contribution in [2.75, 3.05) is 17.7 Å². The third kappa shape index (κ3) is 4.18. The number of halogens is 1. The number of anilines is 1. The summed E-state index contributed by atoms with van der Waals surface area (Å²) in [6, 6.07) is 14.1. The maximum absolute atomic E-state index is 12.9. The summed E-state index contributed by atoms with van der Waals surface area (Å²) in [6.07, 6.45) is 5.97. The van der Waals surface area contributed by atoms with Gasteiger partial charge in [-0.3, -0.25) is 9.78 Å². The van der Waals surface area contributed by atoms with E-state index in [0.717, 1.165) is 28.8 Å². The van der Waals surface area contributed by atoms with Crippen molar-refractivity contribution in [3.05, 3.63) is 88.2 Å². The second-order valence-corrected chi connectivity index (χ2v) is 9.60. The molecule has 2 aromatic carbocycles. The quantitative estimate of drug-likeness (QED) is 0.633. The van der Waals surface area contributed by atoms with Crippen molar-refractivity contribution < 1.29 is 13.2 Å². The molecular weight excluding hydrogens is 408 g/mol. The Morgan fingerprint density at radius 1 is 1.03 bits per heavy atom. The summed E-state index contributed by atoms with van der Waals surface area (Å²) in [5.74, 6) is -0.0561. The molecule has 7 heteroatoms. The first-order chi connectivity index (χ1) is 13.8. The highest BCUT2D eigenvalue weighted by atomic mass is 35.5. The zero-order valence-electron chi connectivity index (χ0n) is 15.8. The molecule has 0 saturated carbocycles. The Balaban J connectivity index is 1.56. The van der Waals surface area contributed by atoms with Crippen LogP contribution in [0.4, 0.5) is 5.69 Å². The number of nitrogens with zero attached hydrogens (tertiary/aromatic N) is 2. The minimum Gasteiger partial charge on any atom is -0.306 e. The number of pyridine rings is 1. The van der Waals surface area contributed by atoms with Crippen molar-refractivity contribution >= 4 is 33.0 Å². The van der Waals surface area contributed by atoms with Crippen LogP contribution in [0.5, 0.6) is 0 Å². The number of hydrogen-bond donors (Lipinski definition) is 0. The fourth-order valence-electron chi connectivity index (χ4n) is 3.51. The second kappa shape index (κ2) is 7.61. The summed E-state index contributed by atoms with van der Waals surface area (Å²) in [4.78, 5) is 19.3. The molecule has 2 heterocycles. The van der Waals surface area contributed by atoms with Crippen LogP contribution in [-0.2, 0) is 22.7 Å². The highest BCUT2D eigenvalue weighted by molar-refractivity contribution is 7.90. The van der Waals surface area contributed by atoms with E-state index in [1.165, 1.54) is 6.26 Å². The van der Waals surface area contributed by atoms with Gasteiger partial charge < -0.3 is 4.90 Å². The zero-order chi connectivity index (χ0) is 20.6. The minimum atomic E-state index is -3.21. The smallest absolute Gasteiger partial charge is 0.258 e. The fourth-order valence-corrected chi connectivity index (χ4v) is 4.34. The van der Waals surface area contributed by atoms with E-state index < -0.39 is 9.84 Å². The number of aromatic nitrogens is 1. The number of benzene rings is 2. The predicted octanol–water partition coefficient (Wildman–Crippen LogP) is 3.93. The van der Waals surface area contributed by atoms with Gasteiger partial charge in [0, 0.05) is 29.6 Å². The monoisotopic (exact) mass is 426 g/mol. The van der Waals surface area contributed by atoms with Crippen LogP contribution in [0.1, 0.15) is 27.0 Å². The lowest BCUT2D eigenvalue weighted by molar-refractivity contribution is 0.0980. The van der Waals surface area contributed by atoms with E-state index in [1.54, 1.807) is 53.7 Å². The van der Waals surface area contributed by atoms with Gasteiger partial charge >= 0.3 is 0 Å². The molecular formula is C22H19ClN2O3S. The Kier molecular flexibility index (Phi) is 5.15. The van der Waals surface area contributed by atoms with Crippen molar-refractivity contribution in [3.8, 4) is 0 Å². The number of carbonyl (C=O) groups is 1. The lowest BCUT2D eigenvalue weighted by Crippen LogP contribution is -2.37. The molecule has 0 unspecified atom stereocenters. The van der Waals surface area contributed by atoms with Gasteiger partial charge in [0.05, 0.1) is 16.8 Å². The third-order valence-corrected chi connectivity index (χ3v) is 6.36. The van der Waals surface area contributed by atoms with Gasteiger partial charge in [-0.15, -0.1) is 0 Å². The third-order valence-electron chi connectivity index (χ3n) is 5.00. The lowest BCUT2D eigenvalue weighted by atomic mass is 9.98. The Morgan fingerprint density at radius 3 is 2.52 bits per heavy atom. The van der Waals surface area contributed by atoms with Crippen LogP contribution in [-0.4, -0.2) is 32.1 Å². The molecule has 1 amide bonds. The van der Waals surface area contributed by atoms with E-state index >= 15 is 0 Å². The molecule has 1 aliphatic heterocycles. The molecule has 0 fully saturated rings. The van der Waals surface area contributed by atoms with Crippen molar-refractivity contribution in [1.82, 2.24) is 4.98 Å².